The summed E-state index contributed by atoms with van der Waals surface area (Å²) in [7, 11) is 0. The largest absolute Gasteiger partial charge is 0.394 e. The van der Waals surface area contributed by atoms with Gasteiger partial charge in [-0.3, -0.25) is 10.1 Å². The molecule has 0 aliphatic carbocycles. The van der Waals surface area contributed by atoms with Crippen LogP contribution in [-0.2, 0) is 9.47 Å². The van der Waals surface area contributed by atoms with E-state index in [4.69, 9.17) is 14.6 Å². The Morgan fingerprint density at radius 2 is 1.89 bits per heavy atom. The van der Waals surface area contributed by atoms with Crippen LogP contribution in [0.4, 0.5) is 5.69 Å². The fourth-order valence-electron chi connectivity index (χ4n) is 2.48. The van der Waals surface area contributed by atoms with E-state index in [0.29, 0.717) is 5.56 Å². The third-order valence-corrected chi connectivity index (χ3v) is 4.05. The molecular formula is C18H20N2O8. The Kier molecular flexibility index (Phi) is 7.77. The zero-order chi connectivity index (χ0) is 20.7. The van der Waals surface area contributed by atoms with E-state index in [1.54, 1.807) is 24.3 Å². The smallest absolute Gasteiger partial charge is 0.269 e. The van der Waals surface area contributed by atoms with Crippen LogP contribution in [0.15, 0.2) is 42.5 Å². The van der Waals surface area contributed by atoms with Crippen molar-refractivity contribution in [2.24, 2.45) is 0 Å². The van der Waals surface area contributed by atoms with Crippen molar-refractivity contribution in [3.63, 3.8) is 0 Å². The van der Waals surface area contributed by atoms with E-state index in [-0.39, 0.29) is 5.69 Å². The third-order valence-electron chi connectivity index (χ3n) is 4.05. The second-order valence-corrected chi connectivity index (χ2v) is 5.98. The van der Waals surface area contributed by atoms with Crippen LogP contribution in [0.2, 0.25) is 0 Å². The molecule has 1 heterocycles. The average Bonchev–Trinajstić information content (AvgIpc) is 2.70. The molecule has 6 unspecified atom stereocenters. The van der Waals surface area contributed by atoms with Crippen molar-refractivity contribution < 1.29 is 34.8 Å². The van der Waals surface area contributed by atoms with Crippen LogP contribution in [0.3, 0.4) is 0 Å². The monoisotopic (exact) mass is 392 g/mol. The van der Waals surface area contributed by atoms with Crippen LogP contribution in [-0.4, -0.2) is 68.8 Å². The highest BCUT2D eigenvalue weighted by molar-refractivity contribution is 5.53. The van der Waals surface area contributed by atoms with E-state index >= 15 is 0 Å². The van der Waals surface area contributed by atoms with Crippen molar-refractivity contribution >= 4 is 11.8 Å². The summed E-state index contributed by atoms with van der Waals surface area (Å²) in [5.41, 5.74) is 0.684. The molecule has 0 radical (unpaired) electrons. The molecule has 1 aliphatic heterocycles. The minimum atomic E-state index is -1.60. The van der Waals surface area contributed by atoms with Gasteiger partial charge < -0.3 is 29.9 Å². The third kappa shape index (κ3) is 5.43. The summed E-state index contributed by atoms with van der Waals surface area (Å²) in [4.78, 5) is 10.1. The number of ether oxygens (including phenoxy) is 2. The molecule has 10 nitrogen and oxygen atoms in total. The van der Waals surface area contributed by atoms with Gasteiger partial charge in [0, 0.05) is 12.1 Å². The number of allylic oxidation sites excluding steroid dienone is 2. The van der Waals surface area contributed by atoms with Gasteiger partial charge in [0.05, 0.1) is 17.6 Å². The fraction of sp³-hybridized carbons (Fsp3) is 0.389. The fourth-order valence-corrected chi connectivity index (χ4v) is 2.48. The first-order chi connectivity index (χ1) is 13.4. The number of aliphatic hydroxyl groups excluding tert-OH is 4. The van der Waals surface area contributed by atoms with Gasteiger partial charge in [-0.2, -0.15) is 5.26 Å². The van der Waals surface area contributed by atoms with Crippen molar-refractivity contribution in [1.82, 2.24) is 0 Å². The van der Waals surface area contributed by atoms with Gasteiger partial charge in [-0.25, -0.2) is 0 Å². The minimum Gasteiger partial charge on any atom is -0.394 e. The molecule has 1 aromatic carbocycles. The molecule has 0 amide bonds. The lowest BCUT2D eigenvalue weighted by Crippen LogP contribution is -2.59. The first-order valence-corrected chi connectivity index (χ1v) is 8.32. The number of hydrogen-bond acceptors (Lipinski definition) is 9. The van der Waals surface area contributed by atoms with Crippen molar-refractivity contribution in [3.8, 4) is 6.07 Å². The summed E-state index contributed by atoms with van der Waals surface area (Å²) >= 11 is 0. The molecular weight excluding hydrogens is 372 g/mol. The molecule has 150 valence electrons. The van der Waals surface area contributed by atoms with Gasteiger partial charge in [-0.05, 0) is 23.8 Å². The number of nitro groups is 1. The minimum absolute atomic E-state index is 0.0230. The zero-order valence-electron chi connectivity index (χ0n) is 14.6. The highest BCUT2D eigenvalue weighted by atomic mass is 16.7. The molecule has 28 heavy (non-hydrogen) atoms. The van der Waals surface area contributed by atoms with Crippen LogP contribution in [0.1, 0.15) is 5.56 Å². The maximum absolute atomic E-state index is 10.6. The summed E-state index contributed by atoms with van der Waals surface area (Å²) in [5.74, 6) is 0. The van der Waals surface area contributed by atoms with E-state index in [0.717, 1.165) is 0 Å². The van der Waals surface area contributed by atoms with Crippen LogP contribution >= 0.6 is 0 Å². The molecule has 0 spiro atoms. The highest BCUT2D eigenvalue weighted by Gasteiger charge is 2.44. The molecule has 6 atom stereocenters. The van der Waals surface area contributed by atoms with Crippen LogP contribution in [0.25, 0.3) is 6.08 Å². The van der Waals surface area contributed by atoms with Gasteiger partial charge in [0.1, 0.15) is 24.4 Å². The predicted octanol–water partition coefficient (Wildman–Crippen LogP) is -0.127. The summed E-state index contributed by atoms with van der Waals surface area (Å²) in [6.07, 6.45) is -2.28. The predicted molar refractivity (Wildman–Crippen MR) is 95.5 cm³/mol. The molecule has 1 aromatic rings. The van der Waals surface area contributed by atoms with Crippen LogP contribution in [0.5, 0.6) is 0 Å². The summed E-state index contributed by atoms with van der Waals surface area (Å²) < 4.78 is 10.5. The maximum atomic E-state index is 10.6. The van der Waals surface area contributed by atoms with Gasteiger partial charge in [-0.1, -0.05) is 18.2 Å². The molecule has 2 rings (SSSR count). The Balaban J connectivity index is 1.96. The van der Waals surface area contributed by atoms with E-state index in [2.05, 4.69) is 0 Å². The SMILES string of the molecule is N#CC(C=CC=Cc1ccc([N+](=O)[O-])cc1)OC1OC(CO)C(O)C(O)C1O. The van der Waals surface area contributed by atoms with Gasteiger partial charge in [0.15, 0.2) is 12.4 Å². The molecule has 4 N–H and O–H groups in total. The number of rotatable bonds is 7. The Hall–Kier alpha value is -2.65. The zero-order valence-corrected chi connectivity index (χ0v) is 14.6. The molecule has 10 heteroatoms. The summed E-state index contributed by atoms with van der Waals surface area (Å²) in [6, 6.07) is 7.69. The Morgan fingerprint density at radius 3 is 2.46 bits per heavy atom. The highest BCUT2D eigenvalue weighted by Crippen LogP contribution is 2.23. The second-order valence-electron chi connectivity index (χ2n) is 5.98. The molecule has 1 fully saturated rings. The van der Waals surface area contributed by atoms with Gasteiger partial charge in [0.2, 0.25) is 0 Å². The quantitative estimate of drug-likeness (QED) is 0.281. The lowest BCUT2D eigenvalue weighted by atomic mass is 9.99. The van der Waals surface area contributed by atoms with E-state index in [9.17, 15) is 30.7 Å². The number of hydrogen-bond donors (Lipinski definition) is 4. The van der Waals surface area contributed by atoms with E-state index in [1.165, 1.54) is 24.3 Å². The molecule has 1 aliphatic rings. The normalized spacial score (nSPS) is 29.0. The molecule has 1 saturated heterocycles. The van der Waals surface area contributed by atoms with E-state index in [1.807, 2.05) is 6.07 Å². The summed E-state index contributed by atoms with van der Waals surface area (Å²) in [5, 5.41) is 58.3. The lowest BCUT2D eigenvalue weighted by molar-refractivity contribution is -0.384. The van der Waals surface area contributed by atoms with Gasteiger partial charge >= 0.3 is 0 Å². The number of nitriles is 1. The first kappa shape index (κ1) is 21.6. The van der Waals surface area contributed by atoms with Gasteiger partial charge in [0.25, 0.3) is 5.69 Å². The molecule has 0 bridgehead atoms. The van der Waals surface area contributed by atoms with Crippen molar-refractivity contribution in [1.29, 1.82) is 5.26 Å². The molecule has 0 aromatic heterocycles. The topological polar surface area (TPSA) is 166 Å². The van der Waals surface area contributed by atoms with Crippen molar-refractivity contribution in [2.45, 2.75) is 36.8 Å². The number of non-ortho nitro benzene ring substituents is 1. The van der Waals surface area contributed by atoms with Crippen LogP contribution in [0, 0.1) is 21.4 Å². The van der Waals surface area contributed by atoms with Gasteiger partial charge in [-0.15, -0.1) is 0 Å². The van der Waals surface area contributed by atoms with E-state index < -0.39 is 48.3 Å². The Morgan fingerprint density at radius 1 is 1.21 bits per heavy atom. The number of benzene rings is 1. The van der Waals surface area contributed by atoms with Crippen molar-refractivity contribution in [3.05, 3.63) is 58.2 Å². The lowest BCUT2D eigenvalue weighted by Gasteiger charge is -2.39. The number of aliphatic hydroxyl groups is 4. The number of nitro benzene ring substituents is 1. The maximum Gasteiger partial charge on any atom is 0.269 e. The standard InChI is InChI=1S/C18H20N2O8/c19-9-13(27-18-17(24)16(23)15(22)14(10-21)28-18)4-2-1-3-11-5-7-12(8-6-11)20(25)26/h1-8,13-18,21-24H,10H2. The van der Waals surface area contributed by atoms with Crippen molar-refractivity contribution in [2.75, 3.05) is 6.61 Å². The average molecular weight is 392 g/mol. The Labute approximate surface area is 160 Å². The van der Waals surface area contributed by atoms with Crippen LogP contribution < -0.4 is 0 Å². The number of nitrogens with zero attached hydrogens (tertiary/aromatic N) is 2. The summed E-state index contributed by atoms with van der Waals surface area (Å²) in [6.45, 7) is -0.601. The second kappa shape index (κ2) is 10.0. The Bertz CT molecular complexity index is 756. The molecule has 0 saturated carbocycles. The first-order valence-electron chi connectivity index (χ1n) is 8.32.